The van der Waals surface area contributed by atoms with Crippen LogP contribution in [0, 0.1) is 4.77 Å². The summed E-state index contributed by atoms with van der Waals surface area (Å²) in [6.07, 6.45) is 3.27. The van der Waals surface area contributed by atoms with E-state index in [4.69, 9.17) is 12.2 Å². The Labute approximate surface area is 147 Å². The van der Waals surface area contributed by atoms with Crippen LogP contribution in [0.15, 0.2) is 53.6 Å². The third-order valence-electron chi connectivity index (χ3n) is 4.04. The molecule has 0 saturated carbocycles. The fraction of sp³-hybridized carbons (Fsp3) is 0.118. The average molecular weight is 350 g/mol. The van der Waals surface area contributed by atoms with Gasteiger partial charge < -0.3 is 4.57 Å². The van der Waals surface area contributed by atoms with Crippen molar-refractivity contribution >= 4 is 23.4 Å². The Bertz CT molecular complexity index is 1190. The molecule has 8 heteroatoms. The van der Waals surface area contributed by atoms with Gasteiger partial charge in [-0.1, -0.05) is 30.3 Å². The summed E-state index contributed by atoms with van der Waals surface area (Å²) in [6.45, 7) is 0. The average Bonchev–Trinajstić information content (AvgIpc) is 3.07. The number of aromatic nitrogens is 6. The molecule has 0 bridgehead atoms. The van der Waals surface area contributed by atoms with E-state index in [2.05, 4.69) is 15.0 Å². The first kappa shape index (κ1) is 15.4. The lowest BCUT2D eigenvalue weighted by atomic mass is 10.2. The Morgan fingerprint density at radius 2 is 1.64 bits per heavy atom. The minimum atomic E-state index is -0.236. The van der Waals surface area contributed by atoms with Crippen molar-refractivity contribution in [2.75, 3.05) is 0 Å². The van der Waals surface area contributed by atoms with E-state index in [-0.39, 0.29) is 5.56 Å². The molecule has 3 aromatic heterocycles. The molecule has 0 N–H and O–H groups in total. The van der Waals surface area contributed by atoms with Gasteiger partial charge >= 0.3 is 0 Å². The number of hydrogen-bond donors (Lipinski definition) is 0. The van der Waals surface area contributed by atoms with E-state index in [1.54, 1.807) is 41.7 Å². The largest absolute Gasteiger partial charge is 0.304 e. The Hall–Kier alpha value is -3.13. The molecule has 7 nitrogen and oxygen atoms in total. The first-order valence-corrected chi connectivity index (χ1v) is 8.01. The van der Waals surface area contributed by atoms with E-state index >= 15 is 0 Å². The van der Waals surface area contributed by atoms with Crippen molar-refractivity contribution in [2.45, 2.75) is 0 Å². The zero-order valence-corrected chi connectivity index (χ0v) is 14.4. The number of aryl methyl sites for hydroxylation is 1. The third kappa shape index (κ3) is 2.30. The van der Waals surface area contributed by atoms with Gasteiger partial charge in [-0.2, -0.15) is 0 Å². The second-order valence-corrected chi connectivity index (χ2v) is 5.93. The molecule has 0 saturated heterocycles. The van der Waals surface area contributed by atoms with Crippen LogP contribution in [0.2, 0.25) is 0 Å². The summed E-state index contributed by atoms with van der Waals surface area (Å²) < 4.78 is 5.23. The van der Waals surface area contributed by atoms with Gasteiger partial charge in [0.2, 0.25) is 5.95 Å². The number of imidazole rings is 1. The minimum Gasteiger partial charge on any atom is -0.304 e. The van der Waals surface area contributed by atoms with Crippen LogP contribution >= 0.6 is 12.2 Å². The fourth-order valence-corrected chi connectivity index (χ4v) is 2.95. The summed E-state index contributed by atoms with van der Waals surface area (Å²) >= 11 is 5.34. The van der Waals surface area contributed by atoms with Gasteiger partial charge in [0, 0.05) is 32.1 Å². The number of fused-ring (bicyclic) bond motifs is 1. The van der Waals surface area contributed by atoms with Crippen LogP contribution in [0.4, 0.5) is 0 Å². The number of benzene rings is 1. The maximum Gasteiger partial charge on any atom is 0.280 e. The van der Waals surface area contributed by atoms with Gasteiger partial charge in [-0.3, -0.25) is 13.9 Å². The normalized spacial score (nSPS) is 11.1. The highest BCUT2D eigenvalue weighted by atomic mass is 32.1. The number of hydrogen-bond acceptors (Lipinski definition) is 5. The molecule has 0 atom stereocenters. The molecule has 0 radical (unpaired) electrons. The van der Waals surface area contributed by atoms with Gasteiger partial charge in [-0.15, -0.1) is 0 Å². The van der Waals surface area contributed by atoms with Gasteiger partial charge in [-0.05, 0) is 18.3 Å². The second kappa shape index (κ2) is 5.75. The Morgan fingerprint density at radius 1 is 0.960 bits per heavy atom. The predicted molar refractivity (Wildman–Crippen MR) is 97.1 cm³/mol. The summed E-state index contributed by atoms with van der Waals surface area (Å²) in [4.78, 5) is 26.2. The summed E-state index contributed by atoms with van der Waals surface area (Å²) in [5, 5.41) is 0. The second-order valence-electron chi connectivity index (χ2n) is 5.56. The van der Waals surface area contributed by atoms with Crippen LogP contribution in [-0.2, 0) is 14.1 Å². The first-order valence-electron chi connectivity index (χ1n) is 7.61. The van der Waals surface area contributed by atoms with E-state index in [1.807, 2.05) is 30.3 Å². The van der Waals surface area contributed by atoms with Crippen molar-refractivity contribution in [2.24, 2.45) is 14.1 Å². The number of nitrogens with zero attached hydrogens (tertiary/aromatic N) is 6. The molecule has 0 aliphatic carbocycles. The monoisotopic (exact) mass is 350 g/mol. The molecule has 124 valence electrons. The highest BCUT2D eigenvalue weighted by Crippen LogP contribution is 2.25. The van der Waals surface area contributed by atoms with Crippen molar-refractivity contribution < 1.29 is 0 Å². The molecule has 1 aromatic carbocycles. The van der Waals surface area contributed by atoms with Crippen LogP contribution in [0.25, 0.3) is 28.5 Å². The van der Waals surface area contributed by atoms with Crippen molar-refractivity contribution in [3.63, 3.8) is 0 Å². The molecule has 0 aliphatic rings. The van der Waals surface area contributed by atoms with Crippen molar-refractivity contribution in [3.05, 3.63) is 63.9 Å². The van der Waals surface area contributed by atoms with E-state index in [0.29, 0.717) is 27.7 Å². The van der Waals surface area contributed by atoms with Gasteiger partial charge in [0.1, 0.15) is 5.82 Å². The molecule has 4 rings (SSSR count). The predicted octanol–water partition coefficient (Wildman–Crippen LogP) is 2.25. The molecule has 0 unspecified atom stereocenters. The molecule has 4 aromatic rings. The van der Waals surface area contributed by atoms with Crippen LogP contribution < -0.4 is 5.56 Å². The lowest BCUT2D eigenvalue weighted by molar-refractivity contribution is 0.739. The smallest absolute Gasteiger partial charge is 0.280 e. The molecular formula is C17H14N6OS. The van der Waals surface area contributed by atoms with E-state index in [1.165, 1.54) is 4.57 Å². The Morgan fingerprint density at radius 3 is 2.32 bits per heavy atom. The summed E-state index contributed by atoms with van der Waals surface area (Å²) in [5.41, 5.74) is 1.52. The molecular weight excluding hydrogens is 336 g/mol. The van der Waals surface area contributed by atoms with Crippen LogP contribution in [0.1, 0.15) is 0 Å². The van der Waals surface area contributed by atoms with Gasteiger partial charge in [0.05, 0.1) is 0 Å². The maximum atomic E-state index is 12.9. The van der Waals surface area contributed by atoms with E-state index in [0.717, 1.165) is 5.56 Å². The van der Waals surface area contributed by atoms with Crippen molar-refractivity contribution in [1.82, 2.24) is 28.7 Å². The third-order valence-corrected chi connectivity index (χ3v) is 4.59. The SMILES string of the molecule is Cn1c(=O)c2c(nc(-c3ccccc3)n2-c2ncccn2)n(C)c1=S. The molecule has 0 amide bonds. The van der Waals surface area contributed by atoms with Crippen LogP contribution in [0.5, 0.6) is 0 Å². The molecule has 25 heavy (non-hydrogen) atoms. The highest BCUT2D eigenvalue weighted by Gasteiger charge is 2.21. The lowest BCUT2D eigenvalue weighted by Gasteiger charge is -2.08. The standard InChI is InChI=1S/C17H14N6OS/c1-21-14-12(15(24)22(2)17(21)25)23(16-18-9-6-10-19-16)13(20-14)11-7-4-3-5-8-11/h3-10H,1-2H3. The minimum absolute atomic E-state index is 0.236. The summed E-state index contributed by atoms with van der Waals surface area (Å²) in [5.74, 6) is 0.980. The fourth-order valence-electron chi connectivity index (χ4n) is 2.78. The highest BCUT2D eigenvalue weighted by molar-refractivity contribution is 7.71. The van der Waals surface area contributed by atoms with E-state index in [9.17, 15) is 4.79 Å². The van der Waals surface area contributed by atoms with Crippen molar-refractivity contribution in [1.29, 1.82) is 0 Å². The zero-order chi connectivity index (χ0) is 17.6. The van der Waals surface area contributed by atoms with Crippen LogP contribution in [-0.4, -0.2) is 28.7 Å². The molecule has 0 aliphatic heterocycles. The lowest BCUT2D eigenvalue weighted by Crippen LogP contribution is -2.23. The van der Waals surface area contributed by atoms with Gasteiger partial charge in [-0.25, -0.2) is 15.0 Å². The topological polar surface area (TPSA) is 70.5 Å². The van der Waals surface area contributed by atoms with Crippen LogP contribution in [0.3, 0.4) is 0 Å². The summed E-state index contributed by atoms with van der Waals surface area (Å²) in [6, 6.07) is 11.3. The van der Waals surface area contributed by atoms with E-state index < -0.39 is 0 Å². The molecule has 3 heterocycles. The van der Waals surface area contributed by atoms with Crippen molar-refractivity contribution in [3.8, 4) is 17.3 Å². The number of rotatable bonds is 2. The zero-order valence-electron chi connectivity index (χ0n) is 13.6. The Kier molecular flexibility index (Phi) is 3.54. The first-order chi connectivity index (χ1) is 12.1. The Balaban J connectivity index is 2.23. The maximum absolute atomic E-state index is 12.9. The summed E-state index contributed by atoms with van der Waals surface area (Å²) in [7, 11) is 3.44. The quantitative estimate of drug-likeness (QED) is 0.519. The van der Waals surface area contributed by atoms with Gasteiger partial charge in [0.15, 0.2) is 15.9 Å². The molecule has 0 spiro atoms. The van der Waals surface area contributed by atoms with Gasteiger partial charge in [0.25, 0.3) is 5.56 Å². The molecule has 0 fully saturated rings.